The summed E-state index contributed by atoms with van der Waals surface area (Å²) in [5, 5.41) is 2.71. The molecule has 100 valence electrons. The van der Waals surface area contributed by atoms with Gasteiger partial charge < -0.3 is 4.48 Å². The van der Waals surface area contributed by atoms with Gasteiger partial charge in [-0.25, -0.2) is 0 Å². The quantitative estimate of drug-likeness (QED) is 0.714. The molecule has 0 aromatic heterocycles. The molecule has 0 radical (unpaired) electrons. The number of hydrogen-bond donors (Lipinski definition) is 0. The van der Waals surface area contributed by atoms with Crippen LogP contribution >= 0.6 is 0 Å². The van der Waals surface area contributed by atoms with Crippen molar-refractivity contribution in [2.45, 2.75) is 38.3 Å². The first-order valence-electron chi connectivity index (χ1n) is 7.45. The molecule has 0 N–H and O–H groups in total. The van der Waals surface area contributed by atoms with Gasteiger partial charge in [0.1, 0.15) is 6.54 Å². The van der Waals surface area contributed by atoms with Crippen LogP contribution in [0.1, 0.15) is 31.2 Å². The molecule has 1 heteroatoms. The molecule has 0 unspecified atom stereocenters. The van der Waals surface area contributed by atoms with Gasteiger partial charge in [0, 0.05) is 5.56 Å². The third kappa shape index (κ3) is 2.66. The van der Waals surface area contributed by atoms with Crippen LogP contribution in [0.15, 0.2) is 42.5 Å². The standard InChI is InChI=1S/C18H24N/c1-19(2,18-9-5-6-10-18)14-15-11-12-16-7-3-4-8-17(16)13-15/h3-4,7-8,11-13,18H,5-6,9-10,14H2,1-2H3/q+1. The second-order valence-corrected chi connectivity index (χ2v) is 6.56. The predicted octanol–water partition coefficient (Wildman–Crippen LogP) is 4.36. The molecule has 1 aliphatic rings. The molecule has 0 aliphatic heterocycles. The highest BCUT2D eigenvalue weighted by Crippen LogP contribution is 2.29. The predicted molar refractivity (Wildman–Crippen MR) is 82.0 cm³/mol. The smallest absolute Gasteiger partial charge is 0.104 e. The van der Waals surface area contributed by atoms with E-state index in [0.717, 1.165) is 17.1 Å². The Bertz CT molecular complexity index is 565. The van der Waals surface area contributed by atoms with Gasteiger partial charge in [-0.2, -0.15) is 0 Å². The summed E-state index contributed by atoms with van der Waals surface area (Å²) in [5.41, 5.74) is 1.47. The molecule has 19 heavy (non-hydrogen) atoms. The lowest BCUT2D eigenvalue weighted by atomic mass is 10.1. The molecule has 1 aliphatic carbocycles. The first-order valence-corrected chi connectivity index (χ1v) is 7.45. The third-order valence-corrected chi connectivity index (χ3v) is 4.72. The summed E-state index contributed by atoms with van der Waals surface area (Å²) in [4.78, 5) is 0. The lowest BCUT2D eigenvalue weighted by molar-refractivity contribution is -0.927. The summed E-state index contributed by atoms with van der Waals surface area (Å²) in [6.45, 7) is 1.15. The molecule has 0 saturated heterocycles. The first kappa shape index (κ1) is 12.7. The van der Waals surface area contributed by atoms with Gasteiger partial charge in [-0.1, -0.05) is 36.4 Å². The van der Waals surface area contributed by atoms with E-state index < -0.39 is 0 Å². The van der Waals surface area contributed by atoms with E-state index in [-0.39, 0.29) is 0 Å². The minimum atomic E-state index is 0.853. The summed E-state index contributed by atoms with van der Waals surface area (Å²) in [6, 6.07) is 16.4. The van der Waals surface area contributed by atoms with Crippen LogP contribution in [0.25, 0.3) is 10.8 Å². The average molecular weight is 254 g/mol. The highest BCUT2D eigenvalue weighted by Gasteiger charge is 2.31. The van der Waals surface area contributed by atoms with Crippen molar-refractivity contribution in [3.63, 3.8) is 0 Å². The normalized spacial score (nSPS) is 17.2. The fourth-order valence-electron chi connectivity index (χ4n) is 3.54. The molecular formula is C18H24N+. The van der Waals surface area contributed by atoms with Crippen molar-refractivity contribution >= 4 is 10.8 Å². The Balaban J connectivity index is 1.84. The van der Waals surface area contributed by atoms with Crippen LogP contribution in [0.3, 0.4) is 0 Å². The molecule has 0 bridgehead atoms. The number of benzene rings is 2. The van der Waals surface area contributed by atoms with Gasteiger partial charge in [-0.05, 0) is 42.5 Å². The van der Waals surface area contributed by atoms with Gasteiger partial charge in [0.15, 0.2) is 0 Å². The van der Waals surface area contributed by atoms with Crippen LogP contribution in [-0.4, -0.2) is 24.6 Å². The molecule has 3 rings (SSSR count). The highest BCUT2D eigenvalue weighted by atomic mass is 15.3. The number of rotatable bonds is 3. The van der Waals surface area contributed by atoms with Gasteiger partial charge in [0.25, 0.3) is 0 Å². The van der Waals surface area contributed by atoms with E-state index >= 15 is 0 Å². The lowest BCUT2D eigenvalue weighted by Crippen LogP contribution is -2.46. The maximum atomic E-state index is 2.39. The van der Waals surface area contributed by atoms with E-state index in [2.05, 4.69) is 56.6 Å². The second-order valence-electron chi connectivity index (χ2n) is 6.56. The van der Waals surface area contributed by atoms with Gasteiger partial charge in [-0.15, -0.1) is 0 Å². The van der Waals surface area contributed by atoms with Crippen LogP contribution in [-0.2, 0) is 6.54 Å². The summed E-state index contributed by atoms with van der Waals surface area (Å²) < 4.78 is 1.14. The fourth-order valence-corrected chi connectivity index (χ4v) is 3.54. The molecule has 0 spiro atoms. The second kappa shape index (κ2) is 4.97. The van der Waals surface area contributed by atoms with Crippen LogP contribution in [0.4, 0.5) is 0 Å². The molecule has 1 nitrogen and oxygen atoms in total. The number of fused-ring (bicyclic) bond motifs is 1. The van der Waals surface area contributed by atoms with E-state index in [9.17, 15) is 0 Å². The monoisotopic (exact) mass is 254 g/mol. The Hall–Kier alpha value is -1.34. The summed E-state index contributed by atoms with van der Waals surface area (Å²) in [5.74, 6) is 0. The van der Waals surface area contributed by atoms with Gasteiger partial charge in [0.05, 0.1) is 20.1 Å². The van der Waals surface area contributed by atoms with Gasteiger partial charge >= 0.3 is 0 Å². The topological polar surface area (TPSA) is 0 Å². The third-order valence-electron chi connectivity index (χ3n) is 4.72. The molecule has 0 atom stereocenters. The Morgan fingerprint density at radius 1 is 0.947 bits per heavy atom. The fraction of sp³-hybridized carbons (Fsp3) is 0.444. The Labute approximate surface area is 116 Å². The van der Waals surface area contributed by atoms with Crippen molar-refractivity contribution in [2.24, 2.45) is 0 Å². The first-order chi connectivity index (χ1) is 9.15. The van der Waals surface area contributed by atoms with Gasteiger partial charge in [-0.3, -0.25) is 0 Å². The molecule has 1 fully saturated rings. The zero-order valence-electron chi connectivity index (χ0n) is 12.1. The van der Waals surface area contributed by atoms with Crippen molar-refractivity contribution in [2.75, 3.05) is 14.1 Å². The number of nitrogens with zero attached hydrogens (tertiary/aromatic N) is 1. The van der Waals surface area contributed by atoms with E-state index in [1.54, 1.807) is 0 Å². The highest BCUT2D eigenvalue weighted by molar-refractivity contribution is 5.82. The minimum Gasteiger partial charge on any atom is -0.322 e. The minimum absolute atomic E-state index is 0.853. The lowest BCUT2D eigenvalue weighted by Gasteiger charge is -2.36. The van der Waals surface area contributed by atoms with E-state index in [1.165, 1.54) is 42.0 Å². The van der Waals surface area contributed by atoms with Crippen LogP contribution in [0.5, 0.6) is 0 Å². The molecular weight excluding hydrogens is 230 g/mol. The largest absolute Gasteiger partial charge is 0.322 e. The van der Waals surface area contributed by atoms with E-state index in [1.807, 2.05) is 0 Å². The zero-order valence-corrected chi connectivity index (χ0v) is 12.1. The average Bonchev–Trinajstić information content (AvgIpc) is 2.93. The maximum absolute atomic E-state index is 2.39. The van der Waals surface area contributed by atoms with Crippen LogP contribution in [0, 0.1) is 0 Å². The molecule has 1 saturated carbocycles. The van der Waals surface area contributed by atoms with Crippen LogP contribution < -0.4 is 0 Å². The number of quaternary nitrogens is 1. The Kier molecular flexibility index (Phi) is 3.32. The van der Waals surface area contributed by atoms with Crippen molar-refractivity contribution in [3.8, 4) is 0 Å². The SMILES string of the molecule is C[N+](C)(Cc1ccc2ccccc2c1)C1CCCC1. The summed E-state index contributed by atoms with van der Waals surface area (Å²) in [7, 11) is 4.79. The van der Waals surface area contributed by atoms with E-state index in [0.29, 0.717) is 0 Å². The van der Waals surface area contributed by atoms with Crippen molar-refractivity contribution in [1.29, 1.82) is 0 Å². The van der Waals surface area contributed by atoms with Crippen LogP contribution in [0.2, 0.25) is 0 Å². The zero-order chi connectivity index (χ0) is 13.3. The Morgan fingerprint density at radius 2 is 1.63 bits per heavy atom. The number of hydrogen-bond acceptors (Lipinski definition) is 0. The van der Waals surface area contributed by atoms with Crippen molar-refractivity contribution in [1.82, 2.24) is 0 Å². The molecule has 0 heterocycles. The summed E-state index contributed by atoms with van der Waals surface area (Å²) in [6.07, 6.45) is 5.65. The maximum Gasteiger partial charge on any atom is 0.104 e. The molecule has 0 amide bonds. The molecule has 2 aromatic rings. The van der Waals surface area contributed by atoms with E-state index in [4.69, 9.17) is 0 Å². The van der Waals surface area contributed by atoms with Gasteiger partial charge in [0.2, 0.25) is 0 Å². The summed E-state index contributed by atoms with van der Waals surface area (Å²) >= 11 is 0. The molecule has 2 aromatic carbocycles. The Morgan fingerprint density at radius 3 is 2.37 bits per heavy atom. The van der Waals surface area contributed by atoms with Crippen molar-refractivity contribution < 1.29 is 4.48 Å². The van der Waals surface area contributed by atoms with Crippen molar-refractivity contribution in [3.05, 3.63) is 48.0 Å².